The standard InChI is InChI=1S/C50H66O9Si/c1-39(19-17-18-22-44(55-7)33-42(51)37-59-60(50(2,3)4,45-23-13-9-14-24-45)46-25-15-10-16-26-46)47(52)34-49(58-38-53-5)48(31-32-56-35-40-20-11-8-12-21-40)57-36-41-27-29-43(54-6)30-28-41/h8-16,20-21,23-30,39,42,44,48-49,51H,19,22,31-38H2,1-7H3/t39-,42-,44+,48-,49-/m0/s1. The molecule has 4 aromatic rings. The van der Waals surface area contributed by atoms with Gasteiger partial charge in [0.1, 0.15) is 18.3 Å². The van der Waals surface area contributed by atoms with Crippen LogP contribution in [0.2, 0.25) is 5.04 Å². The second-order valence-electron chi connectivity index (χ2n) is 16.2. The molecule has 5 atom stereocenters. The third-order valence-electron chi connectivity index (χ3n) is 10.7. The van der Waals surface area contributed by atoms with Gasteiger partial charge in [0.2, 0.25) is 0 Å². The van der Waals surface area contributed by atoms with Gasteiger partial charge in [-0.3, -0.25) is 4.79 Å². The molecule has 0 spiro atoms. The van der Waals surface area contributed by atoms with Gasteiger partial charge >= 0.3 is 0 Å². The van der Waals surface area contributed by atoms with Crippen LogP contribution < -0.4 is 15.1 Å². The van der Waals surface area contributed by atoms with Gasteiger partial charge in [0, 0.05) is 52.4 Å². The van der Waals surface area contributed by atoms with Crippen molar-refractivity contribution in [2.75, 3.05) is 41.3 Å². The maximum atomic E-state index is 13.7. The maximum Gasteiger partial charge on any atom is 0.261 e. The van der Waals surface area contributed by atoms with E-state index in [4.69, 9.17) is 32.8 Å². The normalized spacial score (nSPS) is 14.3. The summed E-state index contributed by atoms with van der Waals surface area (Å²) in [4.78, 5) is 13.7. The average molecular weight is 839 g/mol. The fraction of sp³-hybridized carbons (Fsp3) is 0.460. The van der Waals surface area contributed by atoms with Gasteiger partial charge < -0.3 is 38.0 Å². The lowest BCUT2D eigenvalue weighted by molar-refractivity contribution is -0.150. The molecular formula is C50H66O9Si. The predicted molar refractivity (Wildman–Crippen MR) is 240 cm³/mol. The molecule has 0 aliphatic carbocycles. The van der Waals surface area contributed by atoms with E-state index in [1.165, 1.54) is 0 Å². The third kappa shape index (κ3) is 15.1. The first-order valence-electron chi connectivity index (χ1n) is 20.9. The van der Waals surface area contributed by atoms with Crippen LogP contribution in [-0.4, -0.2) is 85.0 Å². The molecule has 0 radical (unpaired) electrons. The van der Waals surface area contributed by atoms with E-state index < -0.39 is 26.6 Å². The van der Waals surface area contributed by atoms with Gasteiger partial charge in [-0.05, 0) is 45.1 Å². The number of benzene rings is 4. The summed E-state index contributed by atoms with van der Waals surface area (Å²) in [6.45, 7) is 9.96. The topological polar surface area (TPSA) is 102 Å². The molecule has 4 aromatic carbocycles. The largest absolute Gasteiger partial charge is 0.497 e. The zero-order valence-electron chi connectivity index (χ0n) is 36.6. The van der Waals surface area contributed by atoms with Gasteiger partial charge in [-0.15, -0.1) is 11.8 Å². The highest BCUT2D eigenvalue weighted by Gasteiger charge is 2.50. The van der Waals surface area contributed by atoms with E-state index in [0.29, 0.717) is 45.5 Å². The molecule has 0 aliphatic heterocycles. The van der Waals surface area contributed by atoms with E-state index in [2.05, 4.69) is 56.9 Å². The summed E-state index contributed by atoms with van der Waals surface area (Å²) in [5.74, 6) is 6.85. The Labute approximate surface area is 359 Å². The van der Waals surface area contributed by atoms with Gasteiger partial charge in [-0.2, -0.15) is 0 Å². The third-order valence-corrected chi connectivity index (χ3v) is 15.7. The zero-order chi connectivity index (χ0) is 43.2. The number of Topliss-reactive ketones (excluding diaryl/α,β-unsaturated/α-hetero) is 1. The lowest BCUT2D eigenvalue weighted by atomic mass is 9.95. The molecule has 9 nitrogen and oxygen atoms in total. The summed E-state index contributed by atoms with van der Waals surface area (Å²) in [5, 5.41) is 13.4. The molecule has 0 aliphatic rings. The number of ketones is 1. The Morgan fingerprint density at radius 3 is 1.88 bits per heavy atom. The Morgan fingerprint density at radius 2 is 1.32 bits per heavy atom. The van der Waals surface area contributed by atoms with Crippen LogP contribution in [0.25, 0.3) is 0 Å². The number of methoxy groups -OCH3 is 3. The second kappa shape index (κ2) is 25.6. The van der Waals surface area contributed by atoms with Crippen LogP contribution in [0.4, 0.5) is 0 Å². The SMILES string of the molecule is COCO[C@@H](CC(=O)[C@@H](C)CC#CC[C@H](C[C@H](O)CO[Si](c1ccccc1)(c1ccccc1)C(C)(C)C)OC)[C@H](CCOCc1ccccc1)OCc1ccc(OC)cc1. The van der Waals surface area contributed by atoms with E-state index >= 15 is 0 Å². The number of hydrogen-bond acceptors (Lipinski definition) is 9. The first-order valence-corrected chi connectivity index (χ1v) is 22.8. The lowest BCUT2D eigenvalue weighted by Gasteiger charge is -2.43. The smallest absolute Gasteiger partial charge is 0.261 e. The molecule has 0 bridgehead atoms. The molecule has 0 heterocycles. The Hall–Kier alpha value is -4.15. The summed E-state index contributed by atoms with van der Waals surface area (Å²) >= 11 is 0. The number of carbonyl (C=O) groups excluding carboxylic acids is 1. The summed E-state index contributed by atoms with van der Waals surface area (Å²) in [6.07, 6.45) is -0.244. The number of rotatable bonds is 26. The minimum absolute atomic E-state index is 0.0204. The monoisotopic (exact) mass is 838 g/mol. The Morgan fingerprint density at radius 1 is 0.733 bits per heavy atom. The predicted octanol–water partition coefficient (Wildman–Crippen LogP) is 7.90. The van der Waals surface area contributed by atoms with Gasteiger partial charge in [0.15, 0.2) is 0 Å². The van der Waals surface area contributed by atoms with Crippen LogP contribution in [0.15, 0.2) is 115 Å². The van der Waals surface area contributed by atoms with Crippen LogP contribution in [0.5, 0.6) is 5.75 Å². The molecule has 0 saturated carbocycles. The first-order chi connectivity index (χ1) is 29.0. The lowest BCUT2D eigenvalue weighted by Crippen LogP contribution is -2.67. The van der Waals surface area contributed by atoms with Crippen molar-refractivity contribution in [3.63, 3.8) is 0 Å². The average Bonchev–Trinajstić information content (AvgIpc) is 3.26. The number of hydrogen-bond donors (Lipinski definition) is 1. The fourth-order valence-electron chi connectivity index (χ4n) is 7.26. The minimum atomic E-state index is -2.80. The van der Waals surface area contributed by atoms with Crippen molar-refractivity contribution in [3.8, 4) is 17.6 Å². The van der Waals surface area contributed by atoms with Crippen LogP contribution in [0.1, 0.15) is 70.9 Å². The van der Waals surface area contributed by atoms with Crippen molar-refractivity contribution in [1.29, 1.82) is 0 Å². The van der Waals surface area contributed by atoms with Crippen molar-refractivity contribution < 1.29 is 42.7 Å². The highest BCUT2D eigenvalue weighted by Crippen LogP contribution is 2.37. The number of carbonyl (C=O) groups is 1. The minimum Gasteiger partial charge on any atom is -0.497 e. The highest BCUT2D eigenvalue weighted by atomic mass is 28.4. The van der Waals surface area contributed by atoms with E-state index in [1.54, 1.807) is 21.3 Å². The number of aliphatic hydroxyl groups excluding tert-OH is 1. The van der Waals surface area contributed by atoms with Crippen LogP contribution >= 0.6 is 0 Å². The Kier molecular flexibility index (Phi) is 20.7. The Balaban J connectivity index is 1.35. The fourth-order valence-corrected chi connectivity index (χ4v) is 11.9. The van der Waals surface area contributed by atoms with Crippen molar-refractivity contribution in [3.05, 3.63) is 126 Å². The van der Waals surface area contributed by atoms with Crippen LogP contribution in [0.3, 0.4) is 0 Å². The summed E-state index contributed by atoms with van der Waals surface area (Å²) in [7, 11) is 2.03. The van der Waals surface area contributed by atoms with Crippen molar-refractivity contribution in [2.45, 2.75) is 102 Å². The van der Waals surface area contributed by atoms with Crippen molar-refractivity contribution >= 4 is 24.5 Å². The molecule has 4 rings (SSSR count). The van der Waals surface area contributed by atoms with E-state index in [1.807, 2.05) is 97.9 Å². The molecule has 60 heavy (non-hydrogen) atoms. The summed E-state index contributed by atoms with van der Waals surface area (Å²) < 4.78 is 41.8. The first kappa shape index (κ1) is 48.5. The number of ether oxygens (including phenoxy) is 6. The zero-order valence-corrected chi connectivity index (χ0v) is 37.6. The van der Waals surface area contributed by atoms with Crippen LogP contribution in [0, 0.1) is 17.8 Å². The summed E-state index contributed by atoms with van der Waals surface area (Å²) in [5.41, 5.74) is 2.05. The van der Waals surface area contributed by atoms with Gasteiger partial charge in [0.05, 0.1) is 51.3 Å². The summed E-state index contributed by atoms with van der Waals surface area (Å²) in [6, 6.07) is 38.5. The van der Waals surface area contributed by atoms with Gasteiger partial charge in [-0.1, -0.05) is 131 Å². The van der Waals surface area contributed by atoms with Gasteiger partial charge in [0.25, 0.3) is 8.32 Å². The molecule has 0 fully saturated rings. The number of aliphatic hydroxyl groups is 1. The highest BCUT2D eigenvalue weighted by molar-refractivity contribution is 6.99. The Bertz CT molecular complexity index is 1800. The van der Waals surface area contributed by atoms with Crippen LogP contribution in [-0.2, 0) is 46.1 Å². The molecule has 0 aromatic heterocycles. The maximum absolute atomic E-state index is 13.7. The molecule has 10 heteroatoms. The quantitative estimate of drug-likeness (QED) is 0.0293. The van der Waals surface area contributed by atoms with E-state index in [-0.39, 0.29) is 42.7 Å². The molecule has 0 unspecified atom stereocenters. The van der Waals surface area contributed by atoms with Crippen molar-refractivity contribution in [2.24, 2.45) is 5.92 Å². The van der Waals surface area contributed by atoms with E-state index in [0.717, 1.165) is 27.2 Å². The molecule has 0 saturated heterocycles. The molecule has 1 N–H and O–H groups in total. The van der Waals surface area contributed by atoms with E-state index in [9.17, 15) is 9.90 Å². The molecular weight excluding hydrogens is 773 g/mol. The second-order valence-corrected chi connectivity index (χ2v) is 20.5. The van der Waals surface area contributed by atoms with Crippen molar-refractivity contribution in [1.82, 2.24) is 0 Å². The molecule has 324 valence electrons. The molecule has 0 amide bonds. The van der Waals surface area contributed by atoms with Gasteiger partial charge in [-0.25, -0.2) is 0 Å².